The van der Waals surface area contributed by atoms with Crippen LogP contribution in [0, 0.1) is 5.82 Å². The van der Waals surface area contributed by atoms with Crippen molar-refractivity contribution in [2.45, 2.75) is 6.92 Å². The third-order valence-electron chi connectivity index (χ3n) is 2.71. The van der Waals surface area contributed by atoms with Crippen LogP contribution in [0.15, 0.2) is 36.4 Å². The van der Waals surface area contributed by atoms with Crippen LogP contribution in [0.3, 0.4) is 0 Å². The van der Waals surface area contributed by atoms with E-state index in [-0.39, 0.29) is 27.6 Å². The zero-order chi connectivity index (χ0) is 14.7. The largest absolute Gasteiger partial charge is 0.307 e. The van der Waals surface area contributed by atoms with Gasteiger partial charge in [-0.2, -0.15) is 0 Å². The minimum atomic E-state index is -0.383. The molecule has 2 rings (SSSR count). The predicted octanol–water partition coefficient (Wildman–Crippen LogP) is 4.19. The number of carbonyl (C=O) groups excluding carboxylic acids is 1. The van der Waals surface area contributed by atoms with Crippen LogP contribution < -0.4 is 4.90 Å². The van der Waals surface area contributed by atoms with Crippen LogP contribution >= 0.6 is 23.2 Å². The van der Waals surface area contributed by atoms with Gasteiger partial charge in [0.1, 0.15) is 16.7 Å². The van der Waals surface area contributed by atoms with Crippen LogP contribution in [-0.2, 0) is 0 Å². The van der Waals surface area contributed by atoms with Crippen molar-refractivity contribution in [3.63, 3.8) is 0 Å². The van der Waals surface area contributed by atoms with Gasteiger partial charge in [0.2, 0.25) is 0 Å². The second-order valence-corrected chi connectivity index (χ2v) is 4.78. The fourth-order valence-electron chi connectivity index (χ4n) is 1.76. The van der Waals surface area contributed by atoms with Gasteiger partial charge in [0.15, 0.2) is 0 Å². The molecule has 0 N–H and O–H groups in total. The number of halogens is 3. The number of nitrogens with zero attached hydrogens (tertiary/aromatic N) is 2. The van der Waals surface area contributed by atoms with Gasteiger partial charge < -0.3 is 4.90 Å². The standard InChI is InChI=1S/C14H11Cl2FN2O/c1-2-19(10-5-3-9(17)4-6-10)14(20)13-11(15)7-8-12(16)18-13/h3-8H,2H2,1H3. The number of amides is 1. The maximum absolute atomic E-state index is 12.9. The van der Waals surface area contributed by atoms with Gasteiger partial charge in [-0.3, -0.25) is 4.79 Å². The molecule has 0 bridgehead atoms. The summed E-state index contributed by atoms with van der Waals surface area (Å²) in [7, 11) is 0. The molecule has 0 aliphatic rings. The lowest BCUT2D eigenvalue weighted by atomic mass is 10.2. The van der Waals surface area contributed by atoms with Crippen LogP contribution in [0.1, 0.15) is 17.4 Å². The lowest BCUT2D eigenvalue weighted by molar-refractivity contribution is 0.0983. The lowest BCUT2D eigenvalue weighted by Gasteiger charge is -2.21. The smallest absolute Gasteiger partial charge is 0.278 e. The summed E-state index contributed by atoms with van der Waals surface area (Å²) in [6, 6.07) is 8.65. The molecule has 2 aromatic rings. The van der Waals surface area contributed by atoms with E-state index in [1.165, 1.54) is 41.3 Å². The molecular formula is C14H11Cl2FN2O. The number of anilines is 1. The van der Waals surface area contributed by atoms with Crippen LogP contribution in [0.5, 0.6) is 0 Å². The molecule has 1 heterocycles. The van der Waals surface area contributed by atoms with E-state index < -0.39 is 0 Å². The molecule has 6 heteroatoms. The molecule has 0 atom stereocenters. The monoisotopic (exact) mass is 312 g/mol. The maximum atomic E-state index is 12.9. The molecule has 0 radical (unpaired) electrons. The van der Waals surface area contributed by atoms with Crippen molar-refractivity contribution in [3.05, 3.63) is 58.1 Å². The van der Waals surface area contributed by atoms with Crippen molar-refractivity contribution < 1.29 is 9.18 Å². The van der Waals surface area contributed by atoms with Gasteiger partial charge >= 0.3 is 0 Å². The van der Waals surface area contributed by atoms with Crippen molar-refractivity contribution in [1.29, 1.82) is 0 Å². The summed E-state index contributed by atoms with van der Waals surface area (Å²) in [5.74, 6) is -0.747. The van der Waals surface area contributed by atoms with E-state index in [9.17, 15) is 9.18 Å². The van der Waals surface area contributed by atoms with Crippen molar-refractivity contribution >= 4 is 34.8 Å². The zero-order valence-corrected chi connectivity index (χ0v) is 12.1. The number of hydrogen-bond donors (Lipinski definition) is 0. The van der Waals surface area contributed by atoms with E-state index in [0.29, 0.717) is 12.2 Å². The van der Waals surface area contributed by atoms with Crippen LogP contribution in [-0.4, -0.2) is 17.4 Å². The molecule has 0 aliphatic heterocycles. The molecule has 1 aromatic heterocycles. The molecule has 0 saturated carbocycles. The van der Waals surface area contributed by atoms with E-state index >= 15 is 0 Å². The number of carbonyl (C=O) groups is 1. The van der Waals surface area contributed by atoms with Crippen molar-refractivity contribution in [2.75, 3.05) is 11.4 Å². The Morgan fingerprint density at radius 2 is 1.85 bits per heavy atom. The predicted molar refractivity (Wildman–Crippen MR) is 78.0 cm³/mol. The van der Waals surface area contributed by atoms with E-state index in [4.69, 9.17) is 23.2 Å². The average molecular weight is 313 g/mol. The van der Waals surface area contributed by atoms with E-state index in [0.717, 1.165) is 0 Å². The molecule has 0 saturated heterocycles. The Balaban J connectivity index is 2.38. The van der Waals surface area contributed by atoms with Gasteiger partial charge in [-0.25, -0.2) is 9.37 Å². The van der Waals surface area contributed by atoms with E-state index in [1.807, 2.05) is 0 Å². The number of hydrogen-bond acceptors (Lipinski definition) is 2. The maximum Gasteiger partial charge on any atom is 0.278 e. The lowest BCUT2D eigenvalue weighted by Crippen LogP contribution is -2.31. The van der Waals surface area contributed by atoms with Crippen LogP contribution in [0.4, 0.5) is 10.1 Å². The van der Waals surface area contributed by atoms with Gasteiger partial charge in [-0.1, -0.05) is 23.2 Å². The highest BCUT2D eigenvalue weighted by molar-refractivity contribution is 6.35. The topological polar surface area (TPSA) is 33.2 Å². The first-order valence-corrected chi connectivity index (χ1v) is 6.68. The molecule has 0 unspecified atom stereocenters. The Morgan fingerprint density at radius 3 is 2.45 bits per heavy atom. The highest BCUT2D eigenvalue weighted by Crippen LogP contribution is 2.22. The Morgan fingerprint density at radius 1 is 1.20 bits per heavy atom. The summed E-state index contributed by atoms with van der Waals surface area (Å²) >= 11 is 11.8. The van der Waals surface area contributed by atoms with Crippen LogP contribution in [0.2, 0.25) is 10.2 Å². The highest BCUT2D eigenvalue weighted by Gasteiger charge is 2.20. The van der Waals surface area contributed by atoms with Crippen molar-refractivity contribution in [2.24, 2.45) is 0 Å². The van der Waals surface area contributed by atoms with Gasteiger partial charge in [-0.05, 0) is 43.3 Å². The first-order chi connectivity index (χ1) is 9.52. The quantitative estimate of drug-likeness (QED) is 0.796. The molecule has 104 valence electrons. The number of rotatable bonds is 3. The average Bonchev–Trinajstić information content (AvgIpc) is 2.44. The summed E-state index contributed by atoms with van der Waals surface area (Å²) in [6.07, 6.45) is 0. The molecule has 3 nitrogen and oxygen atoms in total. The third-order valence-corrected chi connectivity index (χ3v) is 3.23. The Hall–Kier alpha value is -1.65. The molecule has 0 fully saturated rings. The highest BCUT2D eigenvalue weighted by atomic mass is 35.5. The first-order valence-electron chi connectivity index (χ1n) is 5.92. The Labute approximate surface area is 125 Å². The van der Waals surface area contributed by atoms with Gasteiger partial charge in [0.25, 0.3) is 5.91 Å². The van der Waals surface area contributed by atoms with Gasteiger partial charge in [-0.15, -0.1) is 0 Å². The number of pyridine rings is 1. The second kappa shape index (κ2) is 6.20. The summed E-state index contributed by atoms with van der Waals surface area (Å²) in [5.41, 5.74) is 0.641. The third kappa shape index (κ3) is 3.08. The molecule has 0 spiro atoms. The molecule has 1 aromatic carbocycles. The summed E-state index contributed by atoms with van der Waals surface area (Å²) in [6.45, 7) is 2.20. The minimum absolute atomic E-state index is 0.0744. The normalized spacial score (nSPS) is 10.4. The summed E-state index contributed by atoms with van der Waals surface area (Å²) < 4.78 is 12.9. The second-order valence-electron chi connectivity index (χ2n) is 3.99. The number of aromatic nitrogens is 1. The zero-order valence-electron chi connectivity index (χ0n) is 10.6. The van der Waals surface area contributed by atoms with E-state index in [1.54, 1.807) is 6.92 Å². The Kier molecular flexibility index (Phi) is 4.57. The van der Waals surface area contributed by atoms with E-state index in [2.05, 4.69) is 4.98 Å². The minimum Gasteiger partial charge on any atom is -0.307 e. The summed E-state index contributed by atoms with van der Waals surface area (Å²) in [5, 5.41) is 0.410. The van der Waals surface area contributed by atoms with Gasteiger partial charge in [0.05, 0.1) is 5.02 Å². The summed E-state index contributed by atoms with van der Waals surface area (Å²) in [4.78, 5) is 17.9. The SMILES string of the molecule is CCN(C(=O)c1nc(Cl)ccc1Cl)c1ccc(F)cc1. The first kappa shape index (κ1) is 14.8. The number of benzene rings is 1. The fraction of sp³-hybridized carbons (Fsp3) is 0.143. The molecule has 0 aliphatic carbocycles. The molecule has 1 amide bonds. The van der Waals surface area contributed by atoms with Crippen LogP contribution in [0.25, 0.3) is 0 Å². The molecular weight excluding hydrogens is 302 g/mol. The van der Waals surface area contributed by atoms with Gasteiger partial charge in [0, 0.05) is 12.2 Å². The molecule has 20 heavy (non-hydrogen) atoms. The fourth-order valence-corrected chi connectivity index (χ4v) is 2.09. The van der Waals surface area contributed by atoms with Crippen molar-refractivity contribution in [3.8, 4) is 0 Å². The Bertz CT molecular complexity index is 632. The van der Waals surface area contributed by atoms with Crippen molar-refractivity contribution in [1.82, 2.24) is 4.98 Å².